The minimum atomic E-state index is -3.22. The first-order chi connectivity index (χ1) is 10.9. The van der Waals surface area contributed by atoms with Gasteiger partial charge in [0.25, 0.3) is 0 Å². The van der Waals surface area contributed by atoms with Gasteiger partial charge in [-0.3, -0.25) is 0 Å². The fraction of sp³-hybridized carbons (Fsp3) is 0.722. The first-order valence-corrected chi connectivity index (χ1v) is 18.4. The van der Waals surface area contributed by atoms with Crippen molar-refractivity contribution in [2.75, 3.05) is 6.26 Å². The molecule has 0 spiro atoms. The summed E-state index contributed by atoms with van der Waals surface area (Å²) in [6.45, 7) is 6.74. The third-order valence-electron chi connectivity index (χ3n) is 4.67. The number of pyridine rings is 1. The zero-order chi connectivity index (χ0) is 17.3. The molecule has 0 aliphatic heterocycles. The second-order valence-electron chi connectivity index (χ2n) is 6.72. The van der Waals surface area contributed by atoms with Gasteiger partial charge in [0.2, 0.25) is 0 Å². The predicted octanol–water partition coefficient (Wildman–Crippen LogP) is 4.54. The minimum absolute atomic E-state index is 0.264. The molecule has 0 amide bonds. The molecule has 5 heteroatoms. The van der Waals surface area contributed by atoms with Crippen molar-refractivity contribution in [3.05, 3.63) is 18.2 Å². The van der Waals surface area contributed by atoms with Gasteiger partial charge in [0, 0.05) is 0 Å². The van der Waals surface area contributed by atoms with Gasteiger partial charge in [0.1, 0.15) is 0 Å². The molecule has 0 fully saturated rings. The Morgan fingerprint density at radius 2 is 1.39 bits per heavy atom. The van der Waals surface area contributed by atoms with E-state index in [1.807, 2.05) is 6.07 Å². The average molecular weight is 446 g/mol. The van der Waals surface area contributed by atoms with Crippen LogP contribution in [0.25, 0.3) is 0 Å². The first kappa shape index (κ1) is 20.9. The monoisotopic (exact) mass is 447 g/mol. The molecule has 23 heavy (non-hydrogen) atoms. The van der Waals surface area contributed by atoms with Gasteiger partial charge in [0.15, 0.2) is 0 Å². The SMILES string of the molecule is CCC[CH2][Sn]([CH2]CCC)([CH2]CCC)[c]1cccc(S(C)(=O)=O)n1. The van der Waals surface area contributed by atoms with Crippen molar-refractivity contribution < 1.29 is 8.42 Å². The third kappa shape index (κ3) is 6.37. The summed E-state index contributed by atoms with van der Waals surface area (Å²) in [4.78, 5) is 4.68. The second kappa shape index (κ2) is 10.0. The van der Waals surface area contributed by atoms with Gasteiger partial charge >= 0.3 is 147 Å². The van der Waals surface area contributed by atoms with Gasteiger partial charge in [0.05, 0.1) is 0 Å². The average Bonchev–Trinajstić information content (AvgIpc) is 2.54. The Morgan fingerprint density at radius 1 is 0.913 bits per heavy atom. The maximum atomic E-state index is 11.9. The van der Waals surface area contributed by atoms with Crippen LogP contribution < -0.4 is 3.71 Å². The van der Waals surface area contributed by atoms with Crippen LogP contribution >= 0.6 is 0 Å². The topological polar surface area (TPSA) is 47.0 Å². The number of unbranched alkanes of at least 4 members (excludes halogenated alkanes) is 3. The van der Waals surface area contributed by atoms with Crippen LogP contribution in [0.15, 0.2) is 23.2 Å². The molecule has 0 radical (unpaired) electrons. The van der Waals surface area contributed by atoms with E-state index in [-0.39, 0.29) is 5.03 Å². The summed E-state index contributed by atoms with van der Waals surface area (Å²) in [6.07, 6.45) is 8.67. The molecule has 0 saturated carbocycles. The zero-order valence-corrected chi connectivity index (χ0v) is 18.9. The number of hydrogen-bond donors (Lipinski definition) is 0. The summed E-state index contributed by atoms with van der Waals surface area (Å²) in [5, 5.41) is 0.264. The molecule has 0 aliphatic carbocycles. The summed E-state index contributed by atoms with van der Waals surface area (Å²) in [5.41, 5.74) is 0. The molecule has 0 N–H and O–H groups in total. The molecule has 3 nitrogen and oxygen atoms in total. The Labute approximate surface area is 147 Å². The molecule has 0 atom stereocenters. The zero-order valence-electron chi connectivity index (χ0n) is 15.3. The second-order valence-corrected chi connectivity index (χ2v) is 21.7. The van der Waals surface area contributed by atoms with Gasteiger partial charge < -0.3 is 0 Å². The van der Waals surface area contributed by atoms with E-state index in [1.54, 1.807) is 6.07 Å². The number of hydrogen-bond acceptors (Lipinski definition) is 3. The summed E-state index contributed by atoms with van der Waals surface area (Å²) in [6, 6.07) is 5.69. The number of aromatic nitrogens is 1. The molecule has 132 valence electrons. The van der Waals surface area contributed by atoms with Crippen LogP contribution in [-0.4, -0.2) is 38.0 Å². The molecule has 1 aromatic rings. The van der Waals surface area contributed by atoms with Gasteiger partial charge in [-0.25, -0.2) is 0 Å². The molecule has 1 heterocycles. The van der Waals surface area contributed by atoms with Gasteiger partial charge in [-0.05, 0) is 0 Å². The van der Waals surface area contributed by atoms with E-state index in [0.29, 0.717) is 0 Å². The molecule has 0 saturated heterocycles. The quantitative estimate of drug-likeness (QED) is 0.469. The van der Waals surface area contributed by atoms with Crippen LogP contribution in [0.5, 0.6) is 0 Å². The molecule has 0 aliphatic rings. The van der Waals surface area contributed by atoms with Gasteiger partial charge in [-0.2, -0.15) is 0 Å². The van der Waals surface area contributed by atoms with Gasteiger partial charge in [-0.15, -0.1) is 0 Å². The molecular weight excluding hydrogens is 413 g/mol. The fourth-order valence-corrected chi connectivity index (χ4v) is 19.5. The molecule has 1 aromatic heterocycles. The van der Waals surface area contributed by atoms with E-state index in [2.05, 4.69) is 31.8 Å². The van der Waals surface area contributed by atoms with Crippen LogP contribution in [0.2, 0.25) is 13.3 Å². The Hall–Kier alpha value is -0.101. The molecular formula is C18H33NO2SSn. The van der Waals surface area contributed by atoms with E-state index in [0.717, 1.165) is 0 Å². The van der Waals surface area contributed by atoms with E-state index < -0.39 is 28.2 Å². The van der Waals surface area contributed by atoms with E-state index >= 15 is 0 Å². The Morgan fingerprint density at radius 3 is 1.78 bits per heavy atom. The van der Waals surface area contributed by atoms with Crippen LogP contribution in [0.4, 0.5) is 0 Å². The normalized spacial score (nSPS) is 12.5. The Kier molecular flexibility index (Phi) is 9.12. The maximum absolute atomic E-state index is 11.9. The summed E-state index contributed by atoms with van der Waals surface area (Å²) in [7, 11) is -3.22. The predicted molar refractivity (Wildman–Crippen MR) is 102 cm³/mol. The Balaban J connectivity index is 3.28. The summed E-state index contributed by atoms with van der Waals surface area (Å²) >= 11 is -2.62. The van der Waals surface area contributed by atoms with Gasteiger partial charge in [-0.1, -0.05) is 0 Å². The van der Waals surface area contributed by atoms with Crippen LogP contribution in [0.3, 0.4) is 0 Å². The van der Waals surface area contributed by atoms with Crippen molar-refractivity contribution in [3.8, 4) is 0 Å². The Bertz CT molecular complexity index is 550. The van der Waals surface area contributed by atoms with Crippen LogP contribution in [-0.2, 0) is 9.84 Å². The number of rotatable bonds is 11. The van der Waals surface area contributed by atoms with E-state index in [9.17, 15) is 8.42 Å². The van der Waals surface area contributed by atoms with Crippen molar-refractivity contribution in [2.24, 2.45) is 0 Å². The standard InChI is InChI=1S/C6H6NO2S.3C4H9.Sn/c1-10(8,9)6-4-2-3-5-7-6;3*1-3-4-2;/h2-4H,1H3;3*1,3-4H2,2H3;. The first-order valence-electron chi connectivity index (χ1n) is 9.07. The van der Waals surface area contributed by atoms with Crippen molar-refractivity contribution >= 4 is 31.9 Å². The molecule has 0 unspecified atom stereocenters. The number of sulfone groups is 1. The molecule has 0 bridgehead atoms. The fourth-order valence-electron chi connectivity index (χ4n) is 3.22. The van der Waals surface area contributed by atoms with Crippen LogP contribution in [0, 0.1) is 0 Å². The van der Waals surface area contributed by atoms with Crippen molar-refractivity contribution in [2.45, 2.75) is 77.6 Å². The number of nitrogens with zero attached hydrogens (tertiary/aromatic N) is 1. The van der Waals surface area contributed by atoms with Crippen molar-refractivity contribution in [3.63, 3.8) is 0 Å². The summed E-state index contributed by atoms with van der Waals surface area (Å²) in [5.74, 6) is 0. The summed E-state index contributed by atoms with van der Waals surface area (Å²) < 4.78 is 29.0. The third-order valence-corrected chi connectivity index (χ3v) is 20.8. The van der Waals surface area contributed by atoms with Crippen molar-refractivity contribution in [1.82, 2.24) is 4.98 Å². The van der Waals surface area contributed by atoms with E-state index in [4.69, 9.17) is 0 Å². The molecule has 0 aromatic carbocycles. The van der Waals surface area contributed by atoms with E-state index in [1.165, 1.54) is 61.8 Å². The van der Waals surface area contributed by atoms with Crippen LogP contribution in [0.1, 0.15) is 59.3 Å². The van der Waals surface area contributed by atoms with Crippen molar-refractivity contribution in [1.29, 1.82) is 0 Å². The molecule has 1 rings (SSSR count).